The highest BCUT2D eigenvalue weighted by Gasteiger charge is 2.41. The van der Waals surface area contributed by atoms with Crippen LogP contribution in [0.2, 0.25) is 0 Å². The SMILES string of the molecule is CCOC(=O)c1cn([C@@H]2C[C@H]2F)c2c(C)c(F)cc([N+](=O)[O-])c2c1=O. The lowest BCUT2D eigenvalue weighted by molar-refractivity contribution is -0.383. The van der Waals surface area contributed by atoms with Crippen LogP contribution in [-0.4, -0.2) is 28.2 Å². The topological polar surface area (TPSA) is 91.4 Å². The number of fused-ring (bicyclic) bond motifs is 1. The molecule has 1 heterocycles. The molecule has 0 amide bonds. The number of hydrogen-bond donors (Lipinski definition) is 0. The minimum Gasteiger partial charge on any atom is -0.462 e. The van der Waals surface area contributed by atoms with Crippen molar-refractivity contribution >= 4 is 22.6 Å². The molecule has 7 nitrogen and oxygen atoms in total. The second-order valence-corrected chi connectivity index (χ2v) is 5.80. The summed E-state index contributed by atoms with van der Waals surface area (Å²) >= 11 is 0. The summed E-state index contributed by atoms with van der Waals surface area (Å²) in [7, 11) is 0. The highest BCUT2D eigenvalue weighted by atomic mass is 19.1. The van der Waals surface area contributed by atoms with Crippen LogP contribution < -0.4 is 5.43 Å². The molecular weight excluding hydrogens is 338 g/mol. The zero-order chi connectivity index (χ0) is 18.5. The van der Waals surface area contributed by atoms with Crippen molar-refractivity contribution in [3.8, 4) is 0 Å². The van der Waals surface area contributed by atoms with Crippen LogP contribution in [-0.2, 0) is 4.74 Å². The number of alkyl halides is 1. The summed E-state index contributed by atoms with van der Waals surface area (Å²) in [6.45, 7) is 2.88. The summed E-state index contributed by atoms with van der Waals surface area (Å²) in [6, 6.07) is -0.0746. The molecule has 1 fully saturated rings. The Labute approximate surface area is 140 Å². The molecule has 9 heteroatoms. The van der Waals surface area contributed by atoms with E-state index in [4.69, 9.17) is 4.74 Å². The molecule has 0 radical (unpaired) electrons. The molecule has 1 aliphatic rings. The van der Waals surface area contributed by atoms with Crippen LogP contribution >= 0.6 is 0 Å². The van der Waals surface area contributed by atoms with Gasteiger partial charge in [-0.3, -0.25) is 14.9 Å². The Hall–Kier alpha value is -2.84. The smallest absolute Gasteiger partial charge is 0.343 e. The van der Waals surface area contributed by atoms with Crippen LogP contribution in [0.15, 0.2) is 17.1 Å². The first-order chi connectivity index (χ1) is 11.8. The third-order valence-electron chi connectivity index (χ3n) is 4.20. The fourth-order valence-electron chi connectivity index (χ4n) is 2.87. The molecule has 132 valence electrons. The lowest BCUT2D eigenvalue weighted by atomic mass is 10.0. The van der Waals surface area contributed by atoms with E-state index in [1.54, 1.807) is 0 Å². The second kappa shape index (κ2) is 5.91. The number of halogens is 2. The Kier molecular flexibility index (Phi) is 4.02. The number of nitro groups is 1. The van der Waals surface area contributed by atoms with Gasteiger partial charge >= 0.3 is 5.97 Å². The average Bonchev–Trinajstić information content (AvgIpc) is 3.27. The first-order valence-electron chi connectivity index (χ1n) is 7.61. The lowest BCUT2D eigenvalue weighted by Gasteiger charge is -2.15. The summed E-state index contributed by atoms with van der Waals surface area (Å²) in [5, 5.41) is 10.9. The standard InChI is InChI=1S/C16H14F2N2O5/c1-3-25-16(22)8-6-19(11-5-10(11)18)14-7(2)9(17)4-12(20(23)24)13(14)15(8)21/h4,6,10-11H,3,5H2,1-2H3/t10-,11-/m1/s1. The number of hydrogen-bond acceptors (Lipinski definition) is 5. The molecule has 0 bridgehead atoms. The molecule has 25 heavy (non-hydrogen) atoms. The zero-order valence-corrected chi connectivity index (χ0v) is 13.4. The number of ether oxygens (including phenoxy) is 1. The fourth-order valence-corrected chi connectivity index (χ4v) is 2.87. The van der Waals surface area contributed by atoms with Gasteiger partial charge in [-0.05, 0) is 13.8 Å². The Morgan fingerprint density at radius 1 is 1.52 bits per heavy atom. The number of nitrogens with zero attached hydrogens (tertiary/aromatic N) is 2. The molecule has 3 rings (SSSR count). The summed E-state index contributed by atoms with van der Waals surface area (Å²) in [5.41, 5.74) is -2.24. The van der Waals surface area contributed by atoms with Gasteiger partial charge in [0.15, 0.2) is 0 Å². The van der Waals surface area contributed by atoms with Crippen molar-refractivity contribution in [1.29, 1.82) is 0 Å². The molecular formula is C16H14F2N2O5. The molecule has 1 saturated carbocycles. The molecule has 1 aromatic heterocycles. The molecule has 0 aliphatic heterocycles. The van der Waals surface area contributed by atoms with Gasteiger partial charge in [-0.2, -0.15) is 0 Å². The predicted molar refractivity (Wildman–Crippen MR) is 84.1 cm³/mol. The third-order valence-corrected chi connectivity index (χ3v) is 4.20. The maximum atomic E-state index is 14.1. The normalized spacial score (nSPS) is 19.0. The molecule has 0 unspecified atom stereocenters. The number of esters is 1. The minimum atomic E-state index is -1.23. The van der Waals surface area contributed by atoms with Gasteiger partial charge in [0.25, 0.3) is 5.69 Å². The van der Waals surface area contributed by atoms with Crippen LogP contribution in [0.25, 0.3) is 10.9 Å². The van der Waals surface area contributed by atoms with Gasteiger partial charge in [0, 0.05) is 18.2 Å². The van der Waals surface area contributed by atoms with Gasteiger partial charge in [0.05, 0.1) is 29.2 Å². The van der Waals surface area contributed by atoms with Crippen molar-refractivity contribution in [2.75, 3.05) is 6.61 Å². The number of benzene rings is 1. The molecule has 0 saturated heterocycles. The van der Waals surface area contributed by atoms with E-state index in [0.717, 1.165) is 6.20 Å². The van der Waals surface area contributed by atoms with Crippen molar-refractivity contribution in [3.05, 3.63) is 49.5 Å². The number of aryl methyl sites for hydroxylation is 1. The van der Waals surface area contributed by atoms with Crippen molar-refractivity contribution in [2.45, 2.75) is 32.5 Å². The number of rotatable bonds is 4. The van der Waals surface area contributed by atoms with Crippen LogP contribution in [0.5, 0.6) is 0 Å². The van der Waals surface area contributed by atoms with E-state index in [1.807, 2.05) is 0 Å². The van der Waals surface area contributed by atoms with E-state index >= 15 is 0 Å². The Balaban J connectivity index is 2.47. The Bertz CT molecular complexity index is 969. The maximum Gasteiger partial charge on any atom is 0.343 e. The number of carbonyl (C=O) groups is 1. The number of nitro benzene ring substituents is 1. The van der Waals surface area contributed by atoms with Gasteiger partial charge in [-0.15, -0.1) is 0 Å². The zero-order valence-electron chi connectivity index (χ0n) is 13.4. The van der Waals surface area contributed by atoms with Crippen LogP contribution in [0.3, 0.4) is 0 Å². The fraction of sp³-hybridized carbons (Fsp3) is 0.375. The van der Waals surface area contributed by atoms with Gasteiger partial charge in [0.1, 0.15) is 22.9 Å². The lowest BCUT2D eigenvalue weighted by Crippen LogP contribution is -2.22. The number of pyridine rings is 1. The number of carbonyl (C=O) groups excluding carboxylic acids is 1. The third kappa shape index (κ3) is 2.65. The number of aromatic nitrogens is 1. The van der Waals surface area contributed by atoms with Crippen molar-refractivity contribution in [1.82, 2.24) is 4.57 Å². The van der Waals surface area contributed by atoms with E-state index in [0.29, 0.717) is 6.07 Å². The summed E-state index contributed by atoms with van der Waals surface area (Å²) in [6.07, 6.45) is -0.0185. The molecule has 0 N–H and O–H groups in total. The van der Waals surface area contributed by atoms with Gasteiger partial charge in [-0.25, -0.2) is 13.6 Å². The molecule has 1 aliphatic carbocycles. The van der Waals surface area contributed by atoms with Gasteiger partial charge < -0.3 is 9.30 Å². The highest BCUT2D eigenvalue weighted by molar-refractivity contribution is 5.98. The van der Waals surface area contributed by atoms with Crippen molar-refractivity contribution in [2.24, 2.45) is 0 Å². The van der Waals surface area contributed by atoms with E-state index in [-0.39, 0.29) is 24.1 Å². The summed E-state index contributed by atoms with van der Waals surface area (Å²) < 4.78 is 33.8. The molecule has 2 atom stereocenters. The van der Waals surface area contributed by atoms with E-state index < -0.39 is 51.0 Å². The number of non-ortho nitro benzene ring substituents is 1. The van der Waals surface area contributed by atoms with Gasteiger partial charge in [0.2, 0.25) is 5.43 Å². The van der Waals surface area contributed by atoms with Crippen LogP contribution in [0, 0.1) is 22.9 Å². The van der Waals surface area contributed by atoms with Gasteiger partial charge in [-0.1, -0.05) is 0 Å². The summed E-state index contributed by atoms with van der Waals surface area (Å²) in [4.78, 5) is 35.1. The molecule has 1 aromatic carbocycles. The quantitative estimate of drug-likeness (QED) is 0.479. The first-order valence-corrected chi connectivity index (χ1v) is 7.61. The average molecular weight is 352 g/mol. The Morgan fingerprint density at radius 2 is 2.16 bits per heavy atom. The first kappa shape index (κ1) is 17.0. The molecule has 0 spiro atoms. The van der Waals surface area contributed by atoms with Crippen LogP contribution in [0.1, 0.15) is 35.3 Å². The largest absolute Gasteiger partial charge is 0.462 e. The predicted octanol–water partition coefficient (Wildman–Crippen LogP) is 2.82. The van der Waals surface area contributed by atoms with Crippen molar-refractivity contribution in [3.63, 3.8) is 0 Å². The minimum absolute atomic E-state index is 0.00395. The maximum absolute atomic E-state index is 14.1. The van der Waals surface area contributed by atoms with E-state index in [2.05, 4.69) is 0 Å². The highest BCUT2D eigenvalue weighted by Crippen LogP contribution is 2.42. The van der Waals surface area contributed by atoms with E-state index in [9.17, 15) is 28.5 Å². The Morgan fingerprint density at radius 3 is 2.68 bits per heavy atom. The second-order valence-electron chi connectivity index (χ2n) is 5.80. The summed E-state index contributed by atoms with van der Waals surface area (Å²) in [5.74, 6) is -1.84. The van der Waals surface area contributed by atoms with Crippen molar-refractivity contribution < 1.29 is 23.2 Å². The van der Waals surface area contributed by atoms with E-state index in [1.165, 1.54) is 18.4 Å². The monoisotopic (exact) mass is 352 g/mol. The van der Waals surface area contributed by atoms with Crippen LogP contribution in [0.4, 0.5) is 14.5 Å². The molecule has 2 aromatic rings.